The molecule has 0 aliphatic heterocycles. The second kappa shape index (κ2) is 10.4. The number of amides is 1. The van der Waals surface area contributed by atoms with E-state index >= 15 is 0 Å². The van der Waals surface area contributed by atoms with Crippen LogP contribution in [0.25, 0.3) is 0 Å². The van der Waals surface area contributed by atoms with Gasteiger partial charge in [0.15, 0.2) is 0 Å². The zero-order valence-electron chi connectivity index (χ0n) is 20.1. The van der Waals surface area contributed by atoms with Gasteiger partial charge in [0.05, 0.1) is 5.56 Å². The number of carbonyl (C=O) groups excluding carboxylic acids is 1. The van der Waals surface area contributed by atoms with Crippen LogP contribution in [0.3, 0.4) is 0 Å². The Kier molecular flexibility index (Phi) is 7.32. The van der Waals surface area contributed by atoms with E-state index in [9.17, 15) is 4.79 Å². The Morgan fingerprint density at radius 3 is 2.65 bits per heavy atom. The Bertz CT molecular complexity index is 1190. The van der Waals surface area contributed by atoms with Crippen LogP contribution in [-0.4, -0.2) is 18.7 Å². The molecule has 1 aliphatic rings. The van der Waals surface area contributed by atoms with Crippen LogP contribution in [0.5, 0.6) is 5.75 Å². The molecule has 0 spiro atoms. The van der Waals surface area contributed by atoms with Crippen molar-refractivity contribution in [1.82, 2.24) is 0 Å². The van der Waals surface area contributed by atoms with Crippen molar-refractivity contribution in [3.63, 3.8) is 0 Å². The summed E-state index contributed by atoms with van der Waals surface area (Å²) in [6.45, 7) is 11.1. The third-order valence-electron chi connectivity index (χ3n) is 6.33. The molecule has 0 saturated heterocycles. The van der Waals surface area contributed by atoms with Crippen LogP contribution < -0.4 is 10.1 Å². The number of hydrogen-bond acceptors (Lipinski definition) is 4. The highest BCUT2D eigenvalue weighted by Crippen LogP contribution is 2.45. The molecule has 1 amide bonds. The number of benzene rings is 2. The second-order valence-electron chi connectivity index (χ2n) is 9.71. The molecule has 0 saturated carbocycles. The number of nitrogens with one attached hydrogen (secondary N) is 1. The monoisotopic (exact) mass is 472 g/mol. The average molecular weight is 473 g/mol. The summed E-state index contributed by atoms with van der Waals surface area (Å²) in [6.07, 6.45) is 6.50. The number of anilines is 1. The third kappa shape index (κ3) is 5.48. The molecular formula is C29H32N2O2S. The van der Waals surface area contributed by atoms with E-state index in [1.165, 1.54) is 4.88 Å². The van der Waals surface area contributed by atoms with Crippen LogP contribution in [0.4, 0.5) is 10.7 Å². The van der Waals surface area contributed by atoms with Crippen molar-refractivity contribution in [3.8, 4) is 5.75 Å². The summed E-state index contributed by atoms with van der Waals surface area (Å²) in [7, 11) is 0. The fourth-order valence-electron chi connectivity index (χ4n) is 4.35. The van der Waals surface area contributed by atoms with E-state index in [0.717, 1.165) is 46.8 Å². The van der Waals surface area contributed by atoms with Gasteiger partial charge in [-0.25, -0.2) is 4.99 Å². The SMILES string of the molecule is C=CCOc1ccccc1C=Nc1sc2c(c1C(=O)Nc1ccccc1)CC[C@H](C(C)(C)C)C2. The van der Waals surface area contributed by atoms with Crippen molar-refractivity contribution in [2.75, 3.05) is 11.9 Å². The first-order chi connectivity index (χ1) is 16.4. The summed E-state index contributed by atoms with van der Waals surface area (Å²) in [5, 5.41) is 3.83. The Morgan fingerprint density at radius 2 is 1.91 bits per heavy atom. The summed E-state index contributed by atoms with van der Waals surface area (Å²) >= 11 is 1.65. The minimum Gasteiger partial charge on any atom is -0.489 e. The number of carbonyl (C=O) groups is 1. The maximum atomic E-state index is 13.5. The van der Waals surface area contributed by atoms with Gasteiger partial charge in [0, 0.05) is 22.3 Å². The van der Waals surface area contributed by atoms with Crippen molar-refractivity contribution in [2.45, 2.75) is 40.0 Å². The minimum absolute atomic E-state index is 0.0961. The molecule has 4 nitrogen and oxygen atoms in total. The van der Waals surface area contributed by atoms with Crippen LogP contribution in [0.15, 0.2) is 72.2 Å². The predicted octanol–water partition coefficient (Wildman–Crippen LogP) is 7.47. The van der Waals surface area contributed by atoms with E-state index in [2.05, 4.69) is 32.7 Å². The van der Waals surface area contributed by atoms with E-state index in [0.29, 0.717) is 18.1 Å². The lowest BCUT2D eigenvalue weighted by Gasteiger charge is -2.33. The van der Waals surface area contributed by atoms with Crippen molar-refractivity contribution >= 4 is 34.1 Å². The minimum atomic E-state index is -0.0961. The fourth-order valence-corrected chi connectivity index (χ4v) is 5.61. The molecule has 4 rings (SSSR count). The lowest BCUT2D eigenvalue weighted by atomic mass is 9.72. The molecule has 176 valence electrons. The number of thiophene rings is 1. The molecule has 0 fully saturated rings. The molecule has 0 unspecified atom stereocenters. The van der Waals surface area contributed by atoms with Gasteiger partial charge in [-0.2, -0.15) is 0 Å². The smallest absolute Gasteiger partial charge is 0.259 e. The molecule has 1 aliphatic carbocycles. The number of rotatable bonds is 7. The molecule has 0 radical (unpaired) electrons. The number of fused-ring (bicyclic) bond motifs is 1. The van der Waals surface area contributed by atoms with Gasteiger partial charge < -0.3 is 10.1 Å². The van der Waals surface area contributed by atoms with Crippen molar-refractivity contribution in [3.05, 3.63) is 88.8 Å². The first-order valence-corrected chi connectivity index (χ1v) is 12.6. The van der Waals surface area contributed by atoms with Crippen molar-refractivity contribution in [1.29, 1.82) is 0 Å². The molecule has 1 aromatic heterocycles. The average Bonchev–Trinajstić information content (AvgIpc) is 3.19. The van der Waals surface area contributed by atoms with Gasteiger partial charge in [-0.3, -0.25) is 4.79 Å². The topological polar surface area (TPSA) is 50.7 Å². The second-order valence-corrected chi connectivity index (χ2v) is 10.8. The van der Waals surface area contributed by atoms with E-state index < -0.39 is 0 Å². The lowest BCUT2D eigenvalue weighted by Crippen LogP contribution is -2.27. The number of para-hydroxylation sites is 2. The molecule has 3 aromatic rings. The zero-order valence-corrected chi connectivity index (χ0v) is 21.0. The third-order valence-corrected chi connectivity index (χ3v) is 7.49. The van der Waals surface area contributed by atoms with Crippen molar-refractivity contribution < 1.29 is 9.53 Å². The highest BCUT2D eigenvalue weighted by molar-refractivity contribution is 7.16. The van der Waals surface area contributed by atoms with Gasteiger partial charge in [-0.1, -0.05) is 63.8 Å². The van der Waals surface area contributed by atoms with Gasteiger partial charge in [0.2, 0.25) is 0 Å². The molecule has 1 N–H and O–H groups in total. The summed E-state index contributed by atoms with van der Waals surface area (Å²) in [4.78, 5) is 19.6. The van der Waals surface area contributed by atoms with E-state index in [1.807, 2.05) is 54.6 Å². The maximum absolute atomic E-state index is 13.5. The number of ether oxygens (including phenoxy) is 1. The van der Waals surface area contributed by atoms with Crippen LogP contribution in [-0.2, 0) is 12.8 Å². The van der Waals surface area contributed by atoms with Crippen LogP contribution in [0, 0.1) is 11.3 Å². The summed E-state index contributed by atoms with van der Waals surface area (Å²) in [5.74, 6) is 1.24. The quantitative estimate of drug-likeness (QED) is 0.286. The standard InChI is InChI=1S/C29H32N2O2S/c1-5-17-33-24-14-10-9-11-20(24)19-30-28-26(27(32)31-22-12-7-6-8-13-22)23-16-15-21(29(2,3)4)18-25(23)34-28/h5-14,19,21H,1,15-18H2,2-4H3,(H,31,32)/t21-/m0/s1. The first-order valence-electron chi connectivity index (χ1n) is 11.7. The molecule has 0 bridgehead atoms. The molecular weight excluding hydrogens is 440 g/mol. The molecule has 2 aromatic carbocycles. The molecule has 1 atom stereocenters. The van der Waals surface area contributed by atoms with E-state index in [-0.39, 0.29) is 11.3 Å². The normalized spacial score (nSPS) is 15.7. The maximum Gasteiger partial charge on any atom is 0.259 e. The number of aliphatic imine (C=N–C) groups is 1. The Balaban J connectivity index is 1.70. The summed E-state index contributed by atoms with van der Waals surface area (Å²) in [5.41, 5.74) is 3.75. The fraction of sp³-hybridized carbons (Fsp3) is 0.310. The highest BCUT2D eigenvalue weighted by atomic mass is 32.1. The molecule has 1 heterocycles. The predicted molar refractivity (Wildman–Crippen MR) is 143 cm³/mol. The van der Waals surface area contributed by atoms with E-state index in [1.54, 1.807) is 23.6 Å². The number of hydrogen-bond donors (Lipinski definition) is 1. The first kappa shape index (κ1) is 24.0. The summed E-state index contributed by atoms with van der Waals surface area (Å²) in [6, 6.07) is 17.4. The van der Waals surface area contributed by atoms with Crippen LogP contribution >= 0.6 is 11.3 Å². The van der Waals surface area contributed by atoms with Crippen molar-refractivity contribution in [2.24, 2.45) is 16.3 Å². The van der Waals surface area contributed by atoms with Gasteiger partial charge in [-0.15, -0.1) is 11.3 Å². The summed E-state index contributed by atoms with van der Waals surface area (Å²) < 4.78 is 5.78. The number of nitrogens with zero attached hydrogens (tertiary/aromatic N) is 1. The largest absolute Gasteiger partial charge is 0.489 e. The lowest BCUT2D eigenvalue weighted by molar-refractivity contribution is 0.102. The van der Waals surface area contributed by atoms with Gasteiger partial charge in [0.1, 0.15) is 17.4 Å². The van der Waals surface area contributed by atoms with Crippen LogP contribution in [0.2, 0.25) is 0 Å². The Labute approximate surface area is 206 Å². The van der Waals surface area contributed by atoms with Crippen LogP contribution in [0.1, 0.15) is 53.6 Å². The van der Waals surface area contributed by atoms with E-state index in [4.69, 9.17) is 9.73 Å². The Hall–Kier alpha value is -3.18. The highest BCUT2D eigenvalue weighted by Gasteiger charge is 2.33. The molecule has 34 heavy (non-hydrogen) atoms. The van der Waals surface area contributed by atoms with Gasteiger partial charge in [0.25, 0.3) is 5.91 Å². The molecule has 5 heteroatoms. The van der Waals surface area contributed by atoms with Gasteiger partial charge >= 0.3 is 0 Å². The Morgan fingerprint density at radius 1 is 1.18 bits per heavy atom. The van der Waals surface area contributed by atoms with Gasteiger partial charge in [-0.05, 0) is 60.4 Å². The zero-order chi connectivity index (χ0) is 24.1.